The van der Waals surface area contributed by atoms with Crippen molar-refractivity contribution >= 4 is 36.6 Å². The summed E-state index contributed by atoms with van der Waals surface area (Å²) >= 11 is 0. The molecule has 1 rings (SSSR count). The van der Waals surface area contributed by atoms with Crippen molar-refractivity contribution < 1.29 is 0 Å². The summed E-state index contributed by atoms with van der Waals surface area (Å²) < 4.78 is 0. The Balaban J connectivity index is 0. The average molecular weight is 197 g/mol. The highest BCUT2D eigenvalue weighted by atomic mass is 35.5. The van der Waals surface area contributed by atoms with Crippen molar-refractivity contribution in [3.63, 3.8) is 0 Å². The van der Waals surface area contributed by atoms with Gasteiger partial charge in [-0.2, -0.15) is 4.98 Å². The predicted molar refractivity (Wildman–Crippen MR) is 50.5 cm³/mol. The molecule has 4 nitrogen and oxygen atoms in total. The molecule has 0 aromatic carbocycles. The van der Waals surface area contributed by atoms with Crippen LogP contribution in [0, 0.1) is 0 Å². The molecule has 0 radical (unpaired) electrons. The summed E-state index contributed by atoms with van der Waals surface area (Å²) in [4.78, 5) is 7.70. The van der Waals surface area contributed by atoms with E-state index in [0.717, 1.165) is 0 Å². The third-order valence-electron chi connectivity index (χ3n) is 0.901. The fourth-order valence-corrected chi connectivity index (χ4v) is 0.493. The number of nitrogens with two attached hydrogens (primary N) is 1. The van der Waals surface area contributed by atoms with Gasteiger partial charge in [0, 0.05) is 13.2 Å². The van der Waals surface area contributed by atoms with Gasteiger partial charge in [0.2, 0.25) is 5.95 Å². The molecule has 0 amide bonds. The van der Waals surface area contributed by atoms with Crippen molar-refractivity contribution in [3.8, 4) is 0 Å². The molecule has 11 heavy (non-hydrogen) atoms. The lowest BCUT2D eigenvalue weighted by atomic mass is 10.6. The minimum atomic E-state index is 0. The summed E-state index contributed by atoms with van der Waals surface area (Å²) in [7, 11) is 1.74. The number of nitrogen functional groups attached to an aromatic ring is 1. The van der Waals surface area contributed by atoms with Crippen molar-refractivity contribution in [2.24, 2.45) is 0 Å². The molecule has 0 fully saturated rings. The quantitative estimate of drug-likeness (QED) is 0.703. The number of halogens is 2. The minimum absolute atomic E-state index is 0. The first-order valence-corrected chi connectivity index (χ1v) is 2.59. The Hall–Kier alpha value is -0.740. The van der Waals surface area contributed by atoms with Crippen molar-refractivity contribution in [2.75, 3.05) is 18.1 Å². The van der Waals surface area contributed by atoms with Gasteiger partial charge in [0.25, 0.3) is 0 Å². The lowest BCUT2D eigenvalue weighted by Crippen LogP contribution is -1.98. The van der Waals surface area contributed by atoms with Crippen molar-refractivity contribution in [1.29, 1.82) is 0 Å². The number of hydrogen-bond acceptors (Lipinski definition) is 4. The van der Waals surface area contributed by atoms with Crippen LogP contribution in [0.3, 0.4) is 0 Å². The Morgan fingerprint density at radius 3 is 2.45 bits per heavy atom. The molecule has 0 aliphatic carbocycles. The Bertz CT molecular complexity index is 205. The first kappa shape index (κ1) is 12.9. The minimum Gasteiger partial charge on any atom is -0.384 e. The zero-order chi connectivity index (χ0) is 6.69. The number of anilines is 2. The second-order valence-electron chi connectivity index (χ2n) is 1.56. The van der Waals surface area contributed by atoms with Crippen molar-refractivity contribution in [1.82, 2.24) is 9.97 Å². The van der Waals surface area contributed by atoms with Gasteiger partial charge in [-0.3, -0.25) is 0 Å². The molecule has 0 aliphatic heterocycles. The van der Waals surface area contributed by atoms with E-state index in [2.05, 4.69) is 15.3 Å². The van der Waals surface area contributed by atoms with Crippen LogP contribution in [0.15, 0.2) is 12.3 Å². The summed E-state index contributed by atoms with van der Waals surface area (Å²) in [5.74, 6) is 1.03. The molecule has 0 saturated heterocycles. The molecule has 0 spiro atoms. The highest BCUT2D eigenvalue weighted by Gasteiger charge is 1.88. The molecule has 0 bridgehead atoms. The van der Waals surface area contributed by atoms with Crippen LogP contribution in [0.4, 0.5) is 11.8 Å². The molecule has 64 valence electrons. The first-order chi connectivity index (χ1) is 4.33. The molecule has 1 heterocycles. The van der Waals surface area contributed by atoms with Crippen molar-refractivity contribution in [3.05, 3.63) is 12.3 Å². The van der Waals surface area contributed by atoms with E-state index < -0.39 is 0 Å². The lowest BCUT2D eigenvalue weighted by molar-refractivity contribution is 1.16. The van der Waals surface area contributed by atoms with Crippen LogP contribution in [0.25, 0.3) is 0 Å². The van der Waals surface area contributed by atoms with Gasteiger partial charge in [-0.15, -0.1) is 24.8 Å². The van der Waals surface area contributed by atoms with Gasteiger partial charge in [-0.05, 0) is 6.07 Å². The smallest absolute Gasteiger partial charge is 0.224 e. The zero-order valence-electron chi connectivity index (χ0n) is 5.94. The van der Waals surface area contributed by atoms with Gasteiger partial charge >= 0.3 is 0 Å². The SMILES string of the molecule is CNc1nccc(N)n1.Cl.Cl. The van der Waals surface area contributed by atoms with Crippen LogP contribution < -0.4 is 11.1 Å². The van der Waals surface area contributed by atoms with E-state index in [1.54, 1.807) is 19.3 Å². The monoisotopic (exact) mass is 196 g/mol. The molecule has 6 heteroatoms. The Labute approximate surface area is 77.4 Å². The van der Waals surface area contributed by atoms with Crippen LogP contribution in [-0.4, -0.2) is 17.0 Å². The van der Waals surface area contributed by atoms with Crippen LogP contribution >= 0.6 is 24.8 Å². The van der Waals surface area contributed by atoms with Crippen molar-refractivity contribution in [2.45, 2.75) is 0 Å². The number of nitrogens with zero attached hydrogens (tertiary/aromatic N) is 2. The topological polar surface area (TPSA) is 63.8 Å². The third-order valence-corrected chi connectivity index (χ3v) is 0.901. The Morgan fingerprint density at radius 1 is 1.45 bits per heavy atom. The van der Waals surface area contributed by atoms with Crippen LogP contribution in [0.5, 0.6) is 0 Å². The fourth-order valence-electron chi connectivity index (χ4n) is 0.493. The highest BCUT2D eigenvalue weighted by molar-refractivity contribution is 5.85. The molecular weight excluding hydrogens is 187 g/mol. The van der Waals surface area contributed by atoms with E-state index in [-0.39, 0.29) is 24.8 Å². The van der Waals surface area contributed by atoms with Crippen LogP contribution in [-0.2, 0) is 0 Å². The molecule has 0 atom stereocenters. The van der Waals surface area contributed by atoms with E-state index in [9.17, 15) is 0 Å². The number of nitrogens with one attached hydrogen (secondary N) is 1. The van der Waals surface area contributed by atoms with E-state index in [4.69, 9.17) is 5.73 Å². The maximum Gasteiger partial charge on any atom is 0.224 e. The van der Waals surface area contributed by atoms with Gasteiger partial charge in [0.05, 0.1) is 0 Å². The maximum atomic E-state index is 5.34. The average Bonchev–Trinajstić information content (AvgIpc) is 1.88. The summed E-state index contributed by atoms with van der Waals surface area (Å²) in [6.45, 7) is 0. The van der Waals surface area contributed by atoms with E-state index >= 15 is 0 Å². The number of aromatic nitrogens is 2. The van der Waals surface area contributed by atoms with Gasteiger partial charge in [-0.25, -0.2) is 4.98 Å². The van der Waals surface area contributed by atoms with Crippen LogP contribution in [0.1, 0.15) is 0 Å². The maximum absolute atomic E-state index is 5.34. The molecule has 0 aliphatic rings. The third kappa shape index (κ3) is 3.85. The van der Waals surface area contributed by atoms with Crippen LogP contribution in [0.2, 0.25) is 0 Å². The first-order valence-electron chi connectivity index (χ1n) is 2.59. The van der Waals surface area contributed by atoms with Gasteiger partial charge < -0.3 is 11.1 Å². The summed E-state index contributed by atoms with van der Waals surface area (Å²) in [6.07, 6.45) is 1.61. The molecule has 3 N–H and O–H groups in total. The fraction of sp³-hybridized carbons (Fsp3) is 0.200. The molecule has 0 saturated carbocycles. The highest BCUT2D eigenvalue weighted by Crippen LogP contribution is 1.98. The number of rotatable bonds is 1. The molecule has 1 aromatic heterocycles. The zero-order valence-corrected chi connectivity index (χ0v) is 7.58. The lowest BCUT2D eigenvalue weighted by Gasteiger charge is -1.95. The molecule has 1 aromatic rings. The number of hydrogen-bond donors (Lipinski definition) is 2. The van der Waals surface area contributed by atoms with E-state index in [1.807, 2.05) is 0 Å². The second kappa shape index (κ2) is 6.00. The summed E-state index contributed by atoms with van der Waals surface area (Å²) in [5, 5.41) is 2.77. The largest absolute Gasteiger partial charge is 0.384 e. The van der Waals surface area contributed by atoms with Gasteiger partial charge in [0.15, 0.2) is 0 Å². The van der Waals surface area contributed by atoms with Gasteiger partial charge in [0.1, 0.15) is 5.82 Å². The van der Waals surface area contributed by atoms with E-state index in [1.165, 1.54) is 0 Å². The van der Waals surface area contributed by atoms with Gasteiger partial charge in [-0.1, -0.05) is 0 Å². The second-order valence-corrected chi connectivity index (χ2v) is 1.56. The molecular formula is C5H10Cl2N4. The summed E-state index contributed by atoms with van der Waals surface area (Å²) in [6, 6.07) is 1.64. The predicted octanol–water partition coefficient (Wildman–Crippen LogP) is 0.944. The standard InChI is InChI=1S/C5H8N4.2ClH/c1-7-5-8-3-2-4(6)9-5;;/h2-3H,1H3,(H3,6,7,8,9);2*1H. The molecule has 0 unspecified atom stereocenters. The van der Waals surface area contributed by atoms with E-state index in [0.29, 0.717) is 11.8 Å². The Kier molecular flexibility index (Phi) is 7.04. The Morgan fingerprint density at radius 2 is 2.09 bits per heavy atom. The summed E-state index contributed by atoms with van der Waals surface area (Å²) in [5.41, 5.74) is 5.34. The normalized spacial score (nSPS) is 7.36.